The molecule has 6 heteroatoms. The summed E-state index contributed by atoms with van der Waals surface area (Å²) in [4.78, 5) is 23.2. The van der Waals surface area contributed by atoms with Gasteiger partial charge in [-0.25, -0.2) is 9.18 Å². The van der Waals surface area contributed by atoms with Gasteiger partial charge in [-0.3, -0.25) is 4.79 Å². The first-order chi connectivity index (χ1) is 9.43. The Balaban J connectivity index is 3.00. The number of halogens is 1. The van der Waals surface area contributed by atoms with Gasteiger partial charge in [-0.15, -0.1) is 0 Å². The van der Waals surface area contributed by atoms with Gasteiger partial charge in [-0.05, 0) is 26.0 Å². The maximum absolute atomic E-state index is 13.6. The van der Waals surface area contributed by atoms with Gasteiger partial charge in [0.25, 0.3) is 5.91 Å². The summed E-state index contributed by atoms with van der Waals surface area (Å²) in [5.41, 5.74) is 0.0113. The lowest BCUT2D eigenvalue weighted by Gasteiger charge is -2.13. The zero-order valence-corrected chi connectivity index (χ0v) is 11.6. The van der Waals surface area contributed by atoms with Gasteiger partial charge in [0.1, 0.15) is 11.5 Å². The van der Waals surface area contributed by atoms with Crippen LogP contribution in [0.15, 0.2) is 36.0 Å². The molecule has 0 aliphatic carbocycles. The highest BCUT2D eigenvalue weighted by atomic mass is 19.1. The van der Waals surface area contributed by atoms with Gasteiger partial charge in [0.2, 0.25) is 0 Å². The molecule has 0 unspecified atom stereocenters. The number of carbonyl (C=O) groups excluding carboxylic acids is 2. The maximum Gasteiger partial charge on any atom is 0.332 e. The van der Waals surface area contributed by atoms with Crippen molar-refractivity contribution in [2.45, 2.75) is 19.9 Å². The average Bonchev–Trinajstić information content (AvgIpc) is 2.39. The number of hydrogen-bond acceptors (Lipinski definition) is 4. The monoisotopic (exact) mass is 280 g/mol. The van der Waals surface area contributed by atoms with E-state index < -0.39 is 17.7 Å². The standard InChI is InChI=1S/C14H17FN2O3/c1-9(2)16-14(19)12(8-13(18)20-3)17-11-7-5-4-6-10(11)15/h4-9,17H,1-3H3,(H,16,19)/b12-8-. The molecule has 0 radical (unpaired) electrons. The third-order valence-electron chi connectivity index (χ3n) is 2.27. The summed E-state index contributed by atoms with van der Waals surface area (Å²) >= 11 is 0. The highest BCUT2D eigenvalue weighted by Gasteiger charge is 2.14. The van der Waals surface area contributed by atoms with Crippen LogP contribution in [0.3, 0.4) is 0 Å². The van der Waals surface area contributed by atoms with Gasteiger partial charge in [0.15, 0.2) is 0 Å². The van der Waals surface area contributed by atoms with Crippen LogP contribution in [0.25, 0.3) is 0 Å². The number of rotatable bonds is 5. The molecular formula is C14H17FN2O3. The Bertz CT molecular complexity index is 527. The third-order valence-corrected chi connectivity index (χ3v) is 2.27. The van der Waals surface area contributed by atoms with Gasteiger partial charge in [0, 0.05) is 6.04 Å². The molecule has 5 nitrogen and oxygen atoms in total. The van der Waals surface area contributed by atoms with Crippen molar-refractivity contribution < 1.29 is 18.7 Å². The average molecular weight is 280 g/mol. The molecule has 1 rings (SSSR count). The van der Waals surface area contributed by atoms with Crippen LogP contribution >= 0.6 is 0 Å². The maximum atomic E-state index is 13.6. The van der Waals surface area contributed by atoms with Crippen molar-refractivity contribution in [3.63, 3.8) is 0 Å². The van der Waals surface area contributed by atoms with Crippen molar-refractivity contribution in [2.24, 2.45) is 0 Å². The summed E-state index contributed by atoms with van der Waals surface area (Å²) in [5.74, 6) is -1.75. The van der Waals surface area contributed by atoms with E-state index in [4.69, 9.17) is 0 Å². The number of amides is 1. The van der Waals surface area contributed by atoms with E-state index >= 15 is 0 Å². The summed E-state index contributed by atoms with van der Waals surface area (Å²) in [6, 6.07) is 5.73. The van der Waals surface area contributed by atoms with Gasteiger partial charge in [0.05, 0.1) is 18.9 Å². The number of methoxy groups -OCH3 is 1. The van der Waals surface area contributed by atoms with E-state index in [1.807, 2.05) is 0 Å². The lowest BCUT2D eigenvalue weighted by molar-refractivity contribution is -0.135. The molecule has 1 amide bonds. The van der Waals surface area contributed by atoms with Gasteiger partial charge in [-0.1, -0.05) is 12.1 Å². The quantitative estimate of drug-likeness (QED) is 0.637. The molecule has 0 saturated heterocycles. The number of anilines is 1. The number of nitrogens with one attached hydrogen (secondary N) is 2. The van der Waals surface area contributed by atoms with Gasteiger partial charge >= 0.3 is 5.97 Å². The van der Waals surface area contributed by atoms with Crippen LogP contribution in [0.1, 0.15) is 13.8 Å². The first-order valence-corrected chi connectivity index (χ1v) is 6.06. The molecule has 0 saturated carbocycles. The van der Waals surface area contributed by atoms with Crippen molar-refractivity contribution in [3.05, 3.63) is 41.9 Å². The molecule has 0 aliphatic rings. The fraction of sp³-hybridized carbons (Fsp3) is 0.286. The van der Waals surface area contributed by atoms with Crippen molar-refractivity contribution >= 4 is 17.6 Å². The van der Waals surface area contributed by atoms with Crippen molar-refractivity contribution in [3.8, 4) is 0 Å². The topological polar surface area (TPSA) is 67.4 Å². The molecular weight excluding hydrogens is 263 g/mol. The van der Waals surface area contributed by atoms with E-state index in [-0.39, 0.29) is 17.4 Å². The molecule has 1 aromatic rings. The number of para-hydroxylation sites is 1. The Labute approximate surface area is 116 Å². The summed E-state index contributed by atoms with van der Waals surface area (Å²) in [6.07, 6.45) is 0.976. The van der Waals surface area contributed by atoms with Gasteiger partial charge in [-0.2, -0.15) is 0 Å². The zero-order valence-electron chi connectivity index (χ0n) is 11.6. The Morgan fingerprint density at radius 2 is 1.95 bits per heavy atom. The van der Waals surface area contributed by atoms with E-state index in [9.17, 15) is 14.0 Å². The van der Waals surface area contributed by atoms with Crippen molar-refractivity contribution in [2.75, 3.05) is 12.4 Å². The molecule has 0 aromatic heterocycles. The molecule has 20 heavy (non-hydrogen) atoms. The van der Waals surface area contributed by atoms with Crippen molar-refractivity contribution in [1.29, 1.82) is 0 Å². The Morgan fingerprint density at radius 3 is 2.50 bits per heavy atom. The van der Waals surface area contributed by atoms with Crippen LogP contribution < -0.4 is 10.6 Å². The van der Waals surface area contributed by atoms with Crippen LogP contribution in [-0.2, 0) is 14.3 Å². The largest absolute Gasteiger partial charge is 0.466 e. The summed E-state index contributed by atoms with van der Waals surface area (Å²) in [5, 5.41) is 5.20. The second kappa shape index (κ2) is 7.28. The second-order valence-electron chi connectivity index (χ2n) is 4.31. The molecule has 1 aromatic carbocycles. The normalized spacial score (nSPS) is 11.2. The number of ether oxygens (including phenoxy) is 1. The number of benzene rings is 1. The molecule has 0 heterocycles. The Hall–Kier alpha value is -2.37. The number of carbonyl (C=O) groups is 2. The van der Waals surface area contributed by atoms with Crippen LogP contribution in [0, 0.1) is 5.82 Å². The minimum atomic E-state index is -0.706. The minimum Gasteiger partial charge on any atom is -0.466 e. The van der Waals surface area contributed by atoms with Crippen molar-refractivity contribution in [1.82, 2.24) is 5.32 Å². The first kappa shape index (κ1) is 15.7. The highest BCUT2D eigenvalue weighted by Crippen LogP contribution is 2.15. The predicted molar refractivity (Wildman–Crippen MR) is 73.4 cm³/mol. The van der Waals surface area contributed by atoms with Gasteiger partial charge < -0.3 is 15.4 Å². The lowest BCUT2D eigenvalue weighted by Crippen LogP contribution is -2.34. The van der Waals surface area contributed by atoms with Crippen LogP contribution in [0.5, 0.6) is 0 Å². The summed E-state index contributed by atoms with van der Waals surface area (Å²) in [6.45, 7) is 3.55. The third kappa shape index (κ3) is 4.72. The van der Waals surface area contributed by atoms with E-state index in [2.05, 4.69) is 15.4 Å². The highest BCUT2D eigenvalue weighted by molar-refractivity contribution is 6.01. The molecule has 108 valence electrons. The Kier molecular flexibility index (Phi) is 5.71. The smallest absolute Gasteiger partial charge is 0.332 e. The fourth-order valence-corrected chi connectivity index (χ4v) is 1.38. The zero-order chi connectivity index (χ0) is 15.1. The molecule has 0 fully saturated rings. The molecule has 2 N–H and O–H groups in total. The minimum absolute atomic E-state index is 0.0874. The number of hydrogen-bond donors (Lipinski definition) is 2. The van der Waals surface area contributed by atoms with Crippen LogP contribution in [0.2, 0.25) is 0 Å². The fourth-order valence-electron chi connectivity index (χ4n) is 1.38. The predicted octanol–water partition coefficient (Wildman–Crippen LogP) is 1.82. The molecule has 0 spiro atoms. The van der Waals surface area contributed by atoms with E-state index in [0.717, 1.165) is 6.08 Å². The Morgan fingerprint density at radius 1 is 1.30 bits per heavy atom. The van der Waals surface area contributed by atoms with Crippen LogP contribution in [0.4, 0.5) is 10.1 Å². The number of esters is 1. The molecule has 0 bridgehead atoms. The lowest BCUT2D eigenvalue weighted by atomic mass is 10.2. The second-order valence-corrected chi connectivity index (χ2v) is 4.31. The molecule has 0 atom stereocenters. The van der Waals surface area contributed by atoms with E-state index in [1.165, 1.54) is 25.3 Å². The summed E-state index contributed by atoms with van der Waals surface area (Å²) in [7, 11) is 1.19. The van der Waals surface area contributed by atoms with E-state index in [1.54, 1.807) is 19.9 Å². The first-order valence-electron chi connectivity index (χ1n) is 6.06. The SMILES string of the molecule is COC(=O)/C=C(\Nc1ccccc1F)C(=O)NC(C)C. The van der Waals surface area contributed by atoms with Crippen LogP contribution in [-0.4, -0.2) is 25.0 Å². The summed E-state index contributed by atoms with van der Waals surface area (Å²) < 4.78 is 18.0. The van der Waals surface area contributed by atoms with E-state index in [0.29, 0.717) is 0 Å². The molecule has 0 aliphatic heterocycles.